The topological polar surface area (TPSA) is 54.5 Å². The van der Waals surface area contributed by atoms with E-state index in [1.54, 1.807) is 12.1 Å². The van der Waals surface area contributed by atoms with Crippen molar-refractivity contribution in [1.82, 2.24) is 15.2 Å². The van der Waals surface area contributed by atoms with Gasteiger partial charge in [0, 0.05) is 30.7 Å². The van der Waals surface area contributed by atoms with Gasteiger partial charge in [0.05, 0.1) is 5.69 Å². The first-order valence-corrected chi connectivity index (χ1v) is 9.09. The molecule has 3 rings (SSSR count). The van der Waals surface area contributed by atoms with Crippen LogP contribution in [0.1, 0.15) is 27.3 Å². The third kappa shape index (κ3) is 4.06. The molecule has 1 fully saturated rings. The third-order valence-electron chi connectivity index (χ3n) is 3.87. The summed E-state index contributed by atoms with van der Waals surface area (Å²) in [6.45, 7) is 6.60. The van der Waals surface area contributed by atoms with E-state index in [9.17, 15) is 4.79 Å². The number of piperazine rings is 1. The Labute approximate surface area is 150 Å². The number of halogens is 1. The van der Waals surface area contributed by atoms with Gasteiger partial charge in [0.2, 0.25) is 0 Å². The van der Waals surface area contributed by atoms with E-state index in [0.29, 0.717) is 22.5 Å². The van der Waals surface area contributed by atoms with Crippen LogP contribution in [0.5, 0.6) is 5.75 Å². The Balaban J connectivity index is 1.66. The molecule has 5 nitrogen and oxygen atoms in total. The fourth-order valence-corrected chi connectivity index (χ4v) is 3.72. The fourth-order valence-electron chi connectivity index (χ4n) is 2.65. The molecule has 1 N–H and O–H groups in total. The minimum absolute atomic E-state index is 0.0658. The molecule has 1 aliphatic rings. The Morgan fingerprint density at radius 3 is 2.92 bits per heavy atom. The molecular formula is C17H20ClN3O2S. The summed E-state index contributed by atoms with van der Waals surface area (Å²) in [5.41, 5.74) is 0.769. The van der Waals surface area contributed by atoms with Gasteiger partial charge in [0.1, 0.15) is 22.2 Å². The molecule has 128 valence electrons. The number of aryl methyl sites for hydroxylation is 1. The first-order valence-electron chi connectivity index (χ1n) is 7.90. The number of nitrogens with zero attached hydrogens (tertiary/aromatic N) is 2. The molecule has 2 heterocycles. The van der Waals surface area contributed by atoms with Crippen LogP contribution in [-0.2, 0) is 6.61 Å². The summed E-state index contributed by atoms with van der Waals surface area (Å²) >= 11 is 7.27. The number of thiazole rings is 1. The lowest BCUT2D eigenvalue weighted by atomic mass is 10.2. The zero-order valence-corrected chi connectivity index (χ0v) is 15.3. The average molecular weight is 366 g/mol. The molecule has 1 aromatic heterocycles. The molecule has 0 saturated carbocycles. The largest absolute Gasteiger partial charge is 0.486 e. The van der Waals surface area contributed by atoms with Crippen molar-refractivity contribution < 1.29 is 9.53 Å². The van der Waals surface area contributed by atoms with Gasteiger partial charge in [-0.05, 0) is 38.1 Å². The molecule has 1 saturated heterocycles. The summed E-state index contributed by atoms with van der Waals surface area (Å²) in [4.78, 5) is 19.8. The Kier molecular flexibility index (Phi) is 5.38. The maximum Gasteiger partial charge on any atom is 0.265 e. The van der Waals surface area contributed by atoms with Gasteiger partial charge in [-0.25, -0.2) is 4.98 Å². The predicted octanol–water partition coefficient (Wildman–Crippen LogP) is 3.12. The summed E-state index contributed by atoms with van der Waals surface area (Å²) < 4.78 is 5.71. The normalized spacial score (nSPS) is 17.8. The number of ether oxygens (including phenoxy) is 1. The first kappa shape index (κ1) is 17.2. The van der Waals surface area contributed by atoms with Gasteiger partial charge in [0.25, 0.3) is 5.91 Å². The number of hydrogen-bond acceptors (Lipinski definition) is 5. The third-order valence-corrected chi connectivity index (χ3v) is 5.24. The average Bonchev–Trinajstić information content (AvgIpc) is 2.94. The zero-order chi connectivity index (χ0) is 17.1. The zero-order valence-electron chi connectivity index (χ0n) is 13.7. The summed E-state index contributed by atoms with van der Waals surface area (Å²) in [5.74, 6) is 0.798. The number of carbonyl (C=O) groups excluding carboxylic acids is 1. The maximum atomic E-state index is 12.7. The van der Waals surface area contributed by atoms with Crippen molar-refractivity contribution in [3.63, 3.8) is 0 Å². The Hall–Kier alpha value is -1.63. The lowest BCUT2D eigenvalue weighted by Crippen LogP contribution is -2.51. The van der Waals surface area contributed by atoms with Crippen LogP contribution in [0, 0.1) is 6.92 Å². The van der Waals surface area contributed by atoms with Gasteiger partial charge in [-0.3, -0.25) is 4.79 Å². The van der Waals surface area contributed by atoms with Crippen molar-refractivity contribution in [3.8, 4) is 5.75 Å². The van der Waals surface area contributed by atoms with Gasteiger partial charge in [-0.2, -0.15) is 0 Å². The number of aromatic nitrogens is 1. The molecule has 1 unspecified atom stereocenters. The van der Waals surface area contributed by atoms with Crippen LogP contribution in [0.15, 0.2) is 24.3 Å². The van der Waals surface area contributed by atoms with Crippen LogP contribution in [0.3, 0.4) is 0 Å². The maximum absolute atomic E-state index is 12.7. The van der Waals surface area contributed by atoms with E-state index in [0.717, 1.165) is 36.1 Å². The number of benzene rings is 1. The summed E-state index contributed by atoms with van der Waals surface area (Å²) in [5, 5.41) is 4.82. The molecule has 7 heteroatoms. The van der Waals surface area contributed by atoms with E-state index in [2.05, 4.69) is 17.2 Å². The Morgan fingerprint density at radius 2 is 2.21 bits per heavy atom. The highest BCUT2D eigenvalue weighted by Gasteiger charge is 2.25. The van der Waals surface area contributed by atoms with Crippen LogP contribution in [-0.4, -0.2) is 41.5 Å². The molecule has 2 aromatic rings. The molecule has 0 bridgehead atoms. The van der Waals surface area contributed by atoms with E-state index in [1.165, 1.54) is 11.3 Å². The smallest absolute Gasteiger partial charge is 0.265 e. The molecule has 1 atom stereocenters. The first-order chi connectivity index (χ1) is 11.5. The van der Waals surface area contributed by atoms with Crippen LogP contribution in [0.4, 0.5) is 0 Å². The minimum Gasteiger partial charge on any atom is -0.486 e. The standard InChI is InChI=1S/C17H20ClN3O2S/c1-11-9-21(8-7-19-11)17(22)16-12(2)20-15(24-16)10-23-14-5-3-13(18)4-6-14/h3-6,11,19H,7-10H2,1-2H3. The van der Waals surface area contributed by atoms with Crippen molar-refractivity contribution in [3.05, 3.63) is 44.9 Å². The number of carbonyl (C=O) groups is 1. The highest BCUT2D eigenvalue weighted by Crippen LogP contribution is 2.23. The van der Waals surface area contributed by atoms with Gasteiger partial charge in [-0.1, -0.05) is 11.6 Å². The predicted molar refractivity (Wildman–Crippen MR) is 96.0 cm³/mol. The van der Waals surface area contributed by atoms with Crippen molar-refractivity contribution in [2.24, 2.45) is 0 Å². The van der Waals surface area contributed by atoms with Crippen molar-refractivity contribution in [1.29, 1.82) is 0 Å². The number of amides is 1. The second-order valence-corrected chi connectivity index (χ2v) is 7.39. The van der Waals surface area contributed by atoms with E-state index in [4.69, 9.17) is 16.3 Å². The van der Waals surface area contributed by atoms with Crippen LogP contribution in [0.25, 0.3) is 0 Å². The molecular weight excluding hydrogens is 346 g/mol. The van der Waals surface area contributed by atoms with Crippen LogP contribution < -0.4 is 10.1 Å². The highest BCUT2D eigenvalue weighted by atomic mass is 35.5. The van der Waals surface area contributed by atoms with Crippen LogP contribution in [0.2, 0.25) is 5.02 Å². The van der Waals surface area contributed by atoms with Crippen molar-refractivity contribution in [2.45, 2.75) is 26.5 Å². The second-order valence-electron chi connectivity index (χ2n) is 5.87. The van der Waals surface area contributed by atoms with E-state index >= 15 is 0 Å². The van der Waals surface area contributed by atoms with Gasteiger partial charge < -0.3 is 15.0 Å². The summed E-state index contributed by atoms with van der Waals surface area (Å²) in [7, 11) is 0. The number of rotatable bonds is 4. The Morgan fingerprint density at radius 1 is 1.46 bits per heavy atom. The van der Waals surface area contributed by atoms with E-state index in [-0.39, 0.29) is 5.91 Å². The van der Waals surface area contributed by atoms with E-state index in [1.807, 2.05) is 24.0 Å². The molecule has 0 aliphatic carbocycles. The molecule has 1 aromatic carbocycles. The summed E-state index contributed by atoms with van der Waals surface area (Å²) in [6, 6.07) is 7.52. The lowest BCUT2D eigenvalue weighted by Gasteiger charge is -2.31. The second kappa shape index (κ2) is 7.51. The fraction of sp³-hybridized carbons (Fsp3) is 0.412. The molecule has 24 heavy (non-hydrogen) atoms. The molecule has 0 radical (unpaired) electrons. The number of hydrogen-bond donors (Lipinski definition) is 1. The van der Waals surface area contributed by atoms with Gasteiger partial charge in [-0.15, -0.1) is 11.3 Å². The molecule has 0 spiro atoms. The van der Waals surface area contributed by atoms with E-state index < -0.39 is 0 Å². The van der Waals surface area contributed by atoms with Gasteiger partial charge >= 0.3 is 0 Å². The van der Waals surface area contributed by atoms with Gasteiger partial charge in [0.15, 0.2) is 0 Å². The number of nitrogens with one attached hydrogen (secondary N) is 1. The quantitative estimate of drug-likeness (QED) is 0.904. The van der Waals surface area contributed by atoms with Crippen molar-refractivity contribution in [2.75, 3.05) is 19.6 Å². The SMILES string of the molecule is Cc1nc(COc2ccc(Cl)cc2)sc1C(=O)N1CCNC(C)C1. The monoisotopic (exact) mass is 365 g/mol. The Bertz CT molecular complexity index is 717. The minimum atomic E-state index is 0.0658. The molecule has 1 aliphatic heterocycles. The molecule has 1 amide bonds. The summed E-state index contributed by atoms with van der Waals surface area (Å²) in [6.07, 6.45) is 0. The van der Waals surface area contributed by atoms with Crippen molar-refractivity contribution >= 4 is 28.8 Å². The lowest BCUT2D eigenvalue weighted by molar-refractivity contribution is 0.0713. The highest BCUT2D eigenvalue weighted by molar-refractivity contribution is 7.13. The van der Waals surface area contributed by atoms with Crippen LogP contribution >= 0.6 is 22.9 Å².